The Hall–Kier alpha value is -0.120. The van der Waals surface area contributed by atoms with Crippen LogP contribution in [0.1, 0.15) is 47.0 Å². The SMILES string of the molecule is CNC1CCC(C)(C)CC1CN1C[C@@H](C)O[C@@H](C)C1. The van der Waals surface area contributed by atoms with Crippen molar-refractivity contribution in [2.75, 3.05) is 26.7 Å². The molecule has 1 heterocycles. The van der Waals surface area contributed by atoms with Crippen LogP contribution in [0.25, 0.3) is 0 Å². The monoisotopic (exact) mass is 268 g/mol. The van der Waals surface area contributed by atoms with Gasteiger partial charge < -0.3 is 10.1 Å². The average Bonchev–Trinajstić information content (AvgIpc) is 2.26. The first-order valence-electron chi connectivity index (χ1n) is 7.95. The van der Waals surface area contributed by atoms with E-state index in [9.17, 15) is 0 Å². The van der Waals surface area contributed by atoms with E-state index in [1.165, 1.54) is 25.8 Å². The first kappa shape index (κ1) is 15.3. The van der Waals surface area contributed by atoms with Gasteiger partial charge in [0.05, 0.1) is 12.2 Å². The number of hydrogen-bond acceptors (Lipinski definition) is 3. The number of nitrogens with one attached hydrogen (secondary N) is 1. The fourth-order valence-corrected chi connectivity index (χ4v) is 4.07. The molecule has 2 fully saturated rings. The second-order valence-corrected chi connectivity index (χ2v) is 7.54. The third-order valence-electron chi connectivity index (χ3n) is 4.87. The zero-order valence-corrected chi connectivity index (χ0v) is 13.4. The molecule has 2 rings (SSSR count). The zero-order chi connectivity index (χ0) is 14.0. The minimum atomic E-state index is 0.383. The molecule has 0 aromatic heterocycles. The van der Waals surface area contributed by atoms with Gasteiger partial charge in [-0.05, 0) is 51.5 Å². The first-order chi connectivity index (χ1) is 8.89. The van der Waals surface area contributed by atoms with Gasteiger partial charge in [0, 0.05) is 25.7 Å². The highest BCUT2D eigenvalue weighted by atomic mass is 16.5. The largest absolute Gasteiger partial charge is 0.373 e. The van der Waals surface area contributed by atoms with Crippen LogP contribution in [0.2, 0.25) is 0 Å². The molecule has 0 aromatic carbocycles. The summed E-state index contributed by atoms with van der Waals surface area (Å²) in [6, 6.07) is 0.696. The standard InChI is InChI=1S/C16H32N2O/c1-12-9-18(10-13(2)19-12)11-14-8-16(3,4)7-6-15(14)17-5/h12-15,17H,6-11H2,1-5H3/t12-,13+,14?,15?. The maximum Gasteiger partial charge on any atom is 0.0678 e. The summed E-state index contributed by atoms with van der Waals surface area (Å²) < 4.78 is 5.84. The Balaban J connectivity index is 1.94. The summed E-state index contributed by atoms with van der Waals surface area (Å²) in [5, 5.41) is 3.55. The van der Waals surface area contributed by atoms with Gasteiger partial charge in [0.25, 0.3) is 0 Å². The van der Waals surface area contributed by atoms with Crippen LogP contribution in [-0.4, -0.2) is 49.8 Å². The molecule has 19 heavy (non-hydrogen) atoms. The van der Waals surface area contributed by atoms with E-state index in [0.717, 1.165) is 19.0 Å². The Labute approximate surface area is 119 Å². The lowest BCUT2D eigenvalue weighted by atomic mass is 9.69. The van der Waals surface area contributed by atoms with Crippen molar-refractivity contribution in [1.82, 2.24) is 10.2 Å². The summed E-state index contributed by atoms with van der Waals surface area (Å²) in [6.07, 6.45) is 4.79. The van der Waals surface area contributed by atoms with E-state index in [0.29, 0.717) is 23.7 Å². The lowest BCUT2D eigenvalue weighted by molar-refractivity contribution is -0.0754. The second-order valence-electron chi connectivity index (χ2n) is 7.54. The van der Waals surface area contributed by atoms with Crippen LogP contribution < -0.4 is 5.32 Å². The third-order valence-corrected chi connectivity index (χ3v) is 4.87. The Bertz CT molecular complexity index is 282. The normalized spacial score (nSPS) is 40.3. The molecule has 1 aliphatic carbocycles. The minimum absolute atomic E-state index is 0.383. The zero-order valence-electron chi connectivity index (χ0n) is 13.4. The molecular formula is C16H32N2O. The number of rotatable bonds is 3. The summed E-state index contributed by atoms with van der Waals surface area (Å²) in [5.41, 5.74) is 0.515. The van der Waals surface area contributed by atoms with E-state index in [4.69, 9.17) is 4.74 Å². The Kier molecular flexibility index (Phi) is 4.91. The Morgan fingerprint density at radius 2 is 1.84 bits per heavy atom. The summed E-state index contributed by atoms with van der Waals surface area (Å²) in [6.45, 7) is 12.7. The number of ether oxygens (including phenoxy) is 1. The van der Waals surface area contributed by atoms with Crippen molar-refractivity contribution in [1.29, 1.82) is 0 Å². The molecular weight excluding hydrogens is 236 g/mol. The Morgan fingerprint density at radius 3 is 2.42 bits per heavy atom. The van der Waals surface area contributed by atoms with Gasteiger partial charge in [-0.2, -0.15) is 0 Å². The molecule has 0 spiro atoms. The highest BCUT2D eigenvalue weighted by molar-refractivity contribution is 4.90. The van der Waals surface area contributed by atoms with Crippen molar-refractivity contribution >= 4 is 0 Å². The van der Waals surface area contributed by atoms with Gasteiger partial charge in [-0.15, -0.1) is 0 Å². The molecule has 1 N–H and O–H groups in total. The molecule has 3 heteroatoms. The molecule has 0 amide bonds. The molecule has 0 radical (unpaired) electrons. The van der Waals surface area contributed by atoms with Crippen molar-refractivity contribution in [2.24, 2.45) is 11.3 Å². The second kappa shape index (κ2) is 6.11. The minimum Gasteiger partial charge on any atom is -0.373 e. The van der Waals surface area contributed by atoms with Gasteiger partial charge in [0.1, 0.15) is 0 Å². The predicted octanol–water partition coefficient (Wildman–Crippen LogP) is 2.51. The van der Waals surface area contributed by atoms with Crippen LogP contribution in [-0.2, 0) is 4.74 Å². The fraction of sp³-hybridized carbons (Fsp3) is 1.00. The average molecular weight is 268 g/mol. The summed E-state index contributed by atoms with van der Waals surface area (Å²) in [4.78, 5) is 2.62. The van der Waals surface area contributed by atoms with Crippen LogP contribution in [0.4, 0.5) is 0 Å². The van der Waals surface area contributed by atoms with Crippen LogP contribution in [0, 0.1) is 11.3 Å². The first-order valence-corrected chi connectivity index (χ1v) is 7.95. The molecule has 1 saturated carbocycles. The van der Waals surface area contributed by atoms with E-state index < -0.39 is 0 Å². The van der Waals surface area contributed by atoms with Crippen molar-refractivity contribution in [3.05, 3.63) is 0 Å². The lowest BCUT2D eigenvalue weighted by Crippen LogP contribution is -2.51. The maximum atomic E-state index is 5.84. The fourth-order valence-electron chi connectivity index (χ4n) is 4.07. The van der Waals surface area contributed by atoms with Gasteiger partial charge in [0.15, 0.2) is 0 Å². The number of hydrogen-bond donors (Lipinski definition) is 1. The maximum absolute atomic E-state index is 5.84. The van der Waals surface area contributed by atoms with Crippen LogP contribution in [0.15, 0.2) is 0 Å². The van der Waals surface area contributed by atoms with Crippen molar-refractivity contribution in [3.63, 3.8) is 0 Å². The number of nitrogens with zero attached hydrogens (tertiary/aromatic N) is 1. The van der Waals surface area contributed by atoms with Crippen LogP contribution in [0.3, 0.4) is 0 Å². The highest BCUT2D eigenvalue weighted by Gasteiger charge is 2.36. The highest BCUT2D eigenvalue weighted by Crippen LogP contribution is 2.39. The van der Waals surface area contributed by atoms with Crippen molar-refractivity contribution < 1.29 is 4.74 Å². The van der Waals surface area contributed by atoms with E-state index in [-0.39, 0.29) is 0 Å². The van der Waals surface area contributed by atoms with Gasteiger partial charge in [0.2, 0.25) is 0 Å². The van der Waals surface area contributed by atoms with E-state index >= 15 is 0 Å². The quantitative estimate of drug-likeness (QED) is 0.851. The summed E-state index contributed by atoms with van der Waals surface area (Å²) in [5.74, 6) is 0.784. The van der Waals surface area contributed by atoms with Gasteiger partial charge >= 0.3 is 0 Å². The van der Waals surface area contributed by atoms with Crippen molar-refractivity contribution in [3.8, 4) is 0 Å². The molecule has 112 valence electrons. The van der Waals surface area contributed by atoms with Gasteiger partial charge in [-0.1, -0.05) is 13.8 Å². The molecule has 4 atom stereocenters. The summed E-state index contributed by atoms with van der Waals surface area (Å²) >= 11 is 0. The predicted molar refractivity (Wildman–Crippen MR) is 80.4 cm³/mol. The molecule has 3 nitrogen and oxygen atoms in total. The third kappa shape index (κ3) is 4.17. The van der Waals surface area contributed by atoms with E-state index in [1.807, 2.05) is 0 Å². The molecule has 2 aliphatic rings. The van der Waals surface area contributed by atoms with Crippen molar-refractivity contribution in [2.45, 2.75) is 65.2 Å². The molecule has 0 bridgehead atoms. The molecule has 1 aliphatic heterocycles. The van der Waals surface area contributed by atoms with Crippen LogP contribution in [0.5, 0.6) is 0 Å². The van der Waals surface area contributed by atoms with E-state index in [1.54, 1.807) is 0 Å². The Morgan fingerprint density at radius 1 is 1.21 bits per heavy atom. The number of morpholine rings is 1. The summed E-state index contributed by atoms with van der Waals surface area (Å²) in [7, 11) is 2.13. The molecule has 0 aromatic rings. The smallest absolute Gasteiger partial charge is 0.0678 e. The topological polar surface area (TPSA) is 24.5 Å². The molecule has 1 saturated heterocycles. The van der Waals surface area contributed by atoms with Gasteiger partial charge in [-0.3, -0.25) is 4.90 Å². The van der Waals surface area contributed by atoms with E-state index in [2.05, 4.69) is 45.0 Å². The molecule has 2 unspecified atom stereocenters. The van der Waals surface area contributed by atoms with Crippen LogP contribution >= 0.6 is 0 Å². The lowest BCUT2D eigenvalue weighted by Gasteiger charge is -2.44. The van der Waals surface area contributed by atoms with Gasteiger partial charge in [-0.25, -0.2) is 0 Å².